The lowest BCUT2D eigenvalue weighted by atomic mass is 9.78. The molecule has 1 saturated heterocycles. The molecule has 2 heterocycles. The van der Waals surface area contributed by atoms with Gasteiger partial charge in [0.15, 0.2) is 0 Å². The number of aryl methyl sites for hydroxylation is 1. The molecule has 7 heteroatoms. The molecule has 6 nitrogen and oxygen atoms in total. The summed E-state index contributed by atoms with van der Waals surface area (Å²) < 4.78 is 17.3. The first-order chi connectivity index (χ1) is 14.0. The third-order valence-corrected chi connectivity index (χ3v) is 6.76. The highest BCUT2D eigenvalue weighted by Gasteiger charge is 2.39. The fourth-order valence-corrected chi connectivity index (χ4v) is 5.34. The van der Waals surface area contributed by atoms with Crippen LogP contribution in [0.2, 0.25) is 0 Å². The number of carboxylic acid groups (broad SMARTS) is 1. The predicted molar refractivity (Wildman–Crippen MR) is 116 cm³/mol. The molecule has 1 atom stereocenters. The minimum absolute atomic E-state index is 0.0289. The summed E-state index contributed by atoms with van der Waals surface area (Å²) in [4.78, 5) is 28.7. The van der Waals surface area contributed by atoms with Crippen molar-refractivity contribution in [1.82, 2.24) is 9.47 Å². The molecule has 2 aromatic rings. The Labute approximate surface area is 175 Å². The number of hydrogen-bond donors (Lipinski definition) is 1. The molecule has 1 aliphatic heterocycles. The van der Waals surface area contributed by atoms with Crippen molar-refractivity contribution in [2.45, 2.75) is 52.1 Å². The molecule has 2 aliphatic rings. The van der Waals surface area contributed by atoms with Crippen LogP contribution in [0.4, 0.5) is 10.1 Å². The van der Waals surface area contributed by atoms with Gasteiger partial charge in [0.25, 0.3) is 0 Å². The van der Waals surface area contributed by atoms with E-state index >= 15 is 4.39 Å². The summed E-state index contributed by atoms with van der Waals surface area (Å²) in [6.07, 6.45) is 4.24. The fourth-order valence-electron chi connectivity index (χ4n) is 5.34. The SMILES string of the molecule is Cc1c(N2CCC(N(C)C)C(C)(C)C2)c(F)cc2c(=O)c(C(=O)O)cn(C3CC3)c12. The Hall–Kier alpha value is -2.41. The van der Waals surface area contributed by atoms with E-state index in [1.54, 1.807) is 0 Å². The minimum atomic E-state index is -1.27. The molecule has 2 fully saturated rings. The molecule has 0 radical (unpaired) electrons. The highest BCUT2D eigenvalue weighted by molar-refractivity contribution is 5.95. The number of nitrogens with zero attached hydrogens (tertiary/aromatic N) is 3. The largest absolute Gasteiger partial charge is 0.477 e. The summed E-state index contributed by atoms with van der Waals surface area (Å²) in [7, 11) is 4.16. The third-order valence-electron chi connectivity index (χ3n) is 6.76. The molecule has 0 spiro atoms. The van der Waals surface area contributed by atoms with Crippen molar-refractivity contribution in [3.63, 3.8) is 0 Å². The van der Waals surface area contributed by atoms with Gasteiger partial charge in [0.2, 0.25) is 5.43 Å². The van der Waals surface area contributed by atoms with Crippen molar-refractivity contribution >= 4 is 22.6 Å². The zero-order chi connectivity index (χ0) is 22.0. The van der Waals surface area contributed by atoms with E-state index in [4.69, 9.17) is 0 Å². The summed E-state index contributed by atoms with van der Waals surface area (Å²) in [5.74, 6) is -1.73. The van der Waals surface area contributed by atoms with E-state index in [0.29, 0.717) is 29.4 Å². The second kappa shape index (κ2) is 7.08. The number of pyridine rings is 1. The van der Waals surface area contributed by atoms with Crippen molar-refractivity contribution < 1.29 is 14.3 Å². The lowest BCUT2D eigenvalue weighted by molar-refractivity contribution is 0.0695. The van der Waals surface area contributed by atoms with Crippen molar-refractivity contribution in [3.05, 3.63) is 39.4 Å². The molecule has 1 unspecified atom stereocenters. The highest BCUT2D eigenvalue weighted by atomic mass is 19.1. The first kappa shape index (κ1) is 20.8. The van der Waals surface area contributed by atoms with E-state index in [0.717, 1.165) is 25.8 Å². The molecule has 0 bridgehead atoms. The quantitative estimate of drug-likeness (QED) is 0.826. The molecule has 30 heavy (non-hydrogen) atoms. The third kappa shape index (κ3) is 3.29. The molecule has 1 aromatic heterocycles. The second-order valence-electron chi connectivity index (χ2n) is 9.72. The van der Waals surface area contributed by atoms with E-state index in [2.05, 4.69) is 37.7 Å². The lowest BCUT2D eigenvalue weighted by Crippen LogP contribution is -2.54. The number of aromatic carboxylic acids is 1. The molecule has 1 N–H and O–H groups in total. The number of fused-ring (bicyclic) bond motifs is 1. The van der Waals surface area contributed by atoms with Gasteiger partial charge in [-0.2, -0.15) is 0 Å². The first-order valence-electron chi connectivity index (χ1n) is 10.6. The molecular weight excluding hydrogens is 385 g/mol. The van der Waals surface area contributed by atoms with Gasteiger partial charge in [-0.1, -0.05) is 13.8 Å². The van der Waals surface area contributed by atoms with Gasteiger partial charge >= 0.3 is 5.97 Å². The number of aromatic nitrogens is 1. The molecular formula is C23H30FN3O3. The average Bonchev–Trinajstić information content (AvgIpc) is 3.46. The maximum atomic E-state index is 15.4. The average molecular weight is 416 g/mol. The molecule has 1 aromatic carbocycles. The van der Waals surface area contributed by atoms with Gasteiger partial charge in [0.05, 0.1) is 11.2 Å². The summed E-state index contributed by atoms with van der Waals surface area (Å²) >= 11 is 0. The maximum absolute atomic E-state index is 15.4. The maximum Gasteiger partial charge on any atom is 0.341 e. The van der Waals surface area contributed by atoms with E-state index in [1.165, 1.54) is 12.3 Å². The van der Waals surface area contributed by atoms with Crippen LogP contribution in [0, 0.1) is 18.2 Å². The Kier molecular flexibility index (Phi) is 4.92. The summed E-state index contributed by atoms with van der Waals surface area (Å²) in [5, 5.41) is 9.61. The van der Waals surface area contributed by atoms with Crippen molar-refractivity contribution in [1.29, 1.82) is 0 Å². The highest BCUT2D eigenvalue weighted by Crippen LogP contribution is 2.42. The number of carboxylic acids is 1. The van der Waals surface area contributed by atoms with Gasteiger partial charge in [0.1, 0.15) is 11.4 Å². The zero-order valence-corrected chi connectivity index (χ0v) is 18.3. The van der Waals surface area contributed by atoms with Crippen LogP contribution in [-0.2, 0) is 0 Å². The molecule has 1 saturated carbocycles. The monoisotopic (exact) mass is 415 g/mol. The van der Waals surface area contributed by atoms with Gasteiger partial charge in [-0.15, -0.1) is 0 Å². The molecule has 4 rings (SSSR count). The Bertz CT molecular complexity index is 1090. The first-order valence-corrected chi connectivity index (χ1v) is 10.6. The summed E-state index contributed by atoms with van der Waals surface area (Å²) in [5.41, 5.74) is 0.966. The van der Waals surface area contributed by atoms with Crippen molar-refractivity contribution in [2.75, 3.05) is 32.1 Å². The second-order valence-corrected chi connectivity index (χ2v) is 9.72. The molecule has 0 amide bonds. The number of piperidine rings is 1. The van der Waals surface area contributed by atoms with Crippen LogP contribution in [0.25, 0.3) is 10.9 Å². The van der Waals surface area contributed by atoms with Crippen LogP contribution in [-0.4, -0.2) is 53.8 Å². The molecule has 1 aliphatic carbocycles. The predicted octanol–water partition coefficient (Wildman–Crippen LogP) is 3.65. The van der Waals surface area contributed by atoms with Gasteiger partial charge in [-0.3, -0.25) is 4.79 Å². The van der Waals surface area contributed by atoms with Crippen LogP contribution >= 0.6 is 0 Å². The van der Waals surface area contributed by atoms with Crippen molar-refractivity contribution in [2.24, 2.45) is 5.41 Å². The van der Waals surface area contributed by atoms with E-state index in [1.807, 2.05) is 11.5 Å². The Morgan fingerprint density at radius 3 is 2.47 bits per heavy atom. The fraction of sp³-hybridized carbons (Fsp3) is 0.565. The lowest BCUT2D eigenvalue weighted by Gasteiger charge is -2.48. The van der Waals surface area contributed by atoms with E-state index in [-0.39, 0.29) is 22.4 Å². The van der Waals surface area contributed by atoms with Gasteiger partial charge in [-0.25, -0.2) is 9.18 Å². The van der Waals surface area contributed by atoms with Gasteiger partial charge in [-0.05, 0) is 57.3 Å². The summed E-state index contributed by atoms with van der Waals surface area (Å²) in [6, 6.07) is 1.82. The Morgan fingerprint density at radius 2 is 1.93 bits per heavy atom. The van der Waals surface area contributed by atoms with Crippen molar-refractivity contribution in [3.8, 4) is 0 Å². The van der Waals surface area contributed by atoms with E-state index < -0.39 is 17.2 Å². The standard InChI is InChI=1S/C23H30FN3O3/c1-13-19-15(21(28)16(22(29)30)11-27(19)14-6-7-14)10-17(24)20(13)26-9-8-18(25(4)5)23(2,3)12-26/h10-11,14,18H,6-9,12H2,1-5H3,(H,29,30). The van der Waals surface area contributed by atoms with Crippen LogP contribution < -0.4 is 10.3 Å². The van der Waals surface area contributed by atoms with Gasteiger partial charge < -0.3 is 19.5 Å². The van der Waals surface area contributed by atoms with Crippen LogP contribution in [0.1, 0.15) is 55.1 Å². The minimum Gasteiger partial charge on any atom is -0.477 e. The number of benzene rings is 1. The number of halogens is 1. The normalized spacial score (nSPS) is 21.4. The summed E-state index contributed by atoms with van der Waals surface area (Å²) in [6.45, 7) is 7.70. The van der Waals surface area contributed by atoms with Crippen LogP contribution in [0.5, 0.6) is 0 Å². The molecule has 162 valence electrons. The smallest absolute Gasteiger partial charge is 0.341 e. The van der Waals surface area contributed by atoms with Crippen LogP contribution in [0.15, 0.2) is 17.1 Å². The number of anilines is 1. The van der Waals surface area contributed by atoms with Crippen LogP contribution in [0.3, 0.4) is 0 Å². The Balaban J connectivity index is 1.89. The van der Waals surface area contributed by atoms with Gasteiger partial charge in [0, 0.05) is 36.8 Å². The number of carbonyl (C=O) groups is 1. The van der Waals surface area contributed by atoms with E-state index in [9.17, 15) is 14.7 Å². The Morgan fingerprint density at radius 1 is 1.27 bits per heavy atom. The topological polar surface area (TPSA) is 65.8 Å². The zero-order valence-electron chi connectivity index (χ0n) is 18.3. The number of hydrogen-bond acceptors (Lipinski definition) is 4. The number of rotatable bonds is 4.